The first kappa shape index (κ1) is 21.3. The van der Waals surface area contributed by atoms with E-state index < -0.39 is 0 Å². The third-order valence-corrected chi connectivity index (χ3v) is 5.29. The summed E-state index contributed by atoms with van der Waals surface area (Å²) in [4.78, 5) is 0. The minimum atomic E-state index is 0.694. The Bertz CT molecular complexity index is 354. The second kappa shape index (κ2) is 15.7. The average molecular weight is 330 g/mol. The van der Waals surface area contributed by atoms with Gasteiger partial charge in [-0.1, -0.05) is 128 Å². The van der Waals surface area contributed by atoms with Crippen molar-refractivity contribution in [3.63, 3.8) is 0 Å². The van der Waals surface area contributed by atoms with Crippen LogP contribution in [0.5, 0.6) is 0 Å². The fourth-order valence-corrected chi connectivity index (χ4v) is 3.53. The van der Waals surface area contributed by atoms with Crippen LogP contribution in [0.2, 0.25) is 0 Å². The van der Waals surface area contributed by atoms with E-state index in [9.17, 15) is 0 Å². The topological polar surface area (TPSA) is 0 Å². The molecule has 24 heavy (non-hydrogen) atoms. The predicted octanol–water partition coefficient (Wildman–Crippen LogP) is 8.46. The zero-order chi connectivity index (χ0) is 17.3. The summed E-state index contributed by atoms with van der Waals surface area (Å²) in [5, 5.41) is 0. The summed E-state index contributed by atoms with van der Waals surface area (Å²) in [5.74, 6) is 0.694. The van der Waals surface area contributed by atoms with Crippen LogP contribution < -0.4 is 0 Å². The molecule has 0 aliphatic rings. The molecular formula is C24H41. The summed E-state index contributed by atoms with van der Waals surface area (Å²) in [5.41, 5.74) is 1.45. The molecule has 1 atom stereocenters. The van der Waals surface area contributed by atoms with Crippen molar-refractivity contribution >= 4 is 0 Å². The van der Waals surface area contributed by atoms with Gasteiger partial charge >= 0.3 is 0 Å². The molecule has 1 unspecified atom stereocenters. The van der Waals surface area contributed by atoms with Gasteiger partial charge in [0, 0.05) is 0 Å². The molecule has 0 nitrogen and oxygen atoms in total. The third kappa shape index (κ3) is 11.7. The predicted molar refractivity (Wildman–Crippen MR) is 109 cm³/mol. The molecule has 0 bridgehead atoms. The molecule has 0 amide bonds. The number of hydrogen-bond donors (Lipinski definition) is 0. The molecule has 137 valence electrons. The molecule has 0 N–H and O–H groups in total. The van der Waals surface area contributed by atoms with E-state index in [0.717, 1.165) is 0 Å². The molecule has 0 saturated carbocycles. The zero-order valence-electron chi connectivity index (χ0n) is 16.5. The van der Waals surface area contributed by atoms with Crippen molar-refractivity contribution < 1.29 is 0 Å². The summed E-state index contributed by atoms with van der Waals surface area (Å²) in [7, 11) is 0. The van der Waals surface area contributed by atoms with Gasteiger partial charge in [-0.2, -0.15) is 0 Å². The van der Waals surface area contributed by atoms with Crippen molar-refractivity contribution in [3.8, 4) is 0 Å². The standard InChI is InChI=1S/C24H41/c1-3-4-5-6-7-8-9-10-11-12-13-14-15-17-20-23(2)24-21-18-16-19-22-24/h16,18,21-23H,3-15,17,20H2,1-2H3. The highest BCUT2D eigenvalue weighted by Crippen LogP contribution is 2.22. The van der Waals surface area contributed by atoms with Crippen molar-refractivity contribution in [1.29, 1.82) is 0 Å². The van der Waals surface area contributed by atoms with Gasteiger partial charge in [-0.3, -0.25) is 0 Å². The molecule has 0 fully saturated rings. The van der Waals surface area contributed by atoms with Gasteiger partial charge in [0.25, 0.3) is 0 Å². The molecule has 0 saturated heterocycles. The van der Waals surface area contributed by atoms with Crippen LogP contribution in [0.15, 0.2) is 24.3 Å². The minimum Gasteiger partial charge on any atom is -0.0654 e. The van der Waals surface area contributed by atoms with E-state index >= 15 is 0 Å². The van der Waals surface area contributed by atoms with Crippen LogP contribution in [0.3, 0.4) is 0 Å². The smallest absolute Gasteiger partial charge is 0.0181 e. The maximum atomic E-state index is 3.19. The second-order valence-electron chi connectivity index (χ2n) is 7.62. The van der Waals surface area contributed by atoms with Crippen LogP contribution in [0, 0.1) is 6.07 Å². The molecule has 0 aromatic heterocycles. The quantitative estimate of drug-likeness (QED) is 0.267. The second-order valence-corrected chi connectivity index (χ2v) is 7.62. The molecule has 1 rings (SSSR count). The first-order valence-electron chi connectivity index (χ1n) is 10.8. The molecule has 1 aromatic carbocycles. The molecule has 1 aromatic rings. The van der Waals surface area contributed by atoms with Crippen molar-refractivity contribution in [2.45, 2.75) is 116 Å². The zero-order valence-corrected chi connectivity index (χ0v) is 16.5. The van der Waals surface area contributed by atoms with Gasteiger partial charge in [0.1, 0.15) is 0 Å². The maximum absolute atomic E-state index is 3.19. The van der Waals surface area contributed by atoms with E-state index in [1.54, 1.807) is 0 Å². The van der Waals surface area contributed by atoms with Gasteiger partial charge in [-0.15, -0.1) is 0 Å². The Labute approximate surface area is 152 Å². The first-order valence-corrected chi connectivity index (χ1v) is 10.8. The highest BCUT2D eigenvalue weighted by atomic mass is 14.1. The van der Waals surface area contributed by atoms with Gasteiger partial charge in [-0.25, -0.2) is 0 Å². The average Bonchev–Trinajstić information content (AvgIpc) is 2.62. The van der Waals surface area contributed by atoms with Gasteiger partial charge in [0.2, 0.25) is 0 Å². The van der Waals surface area contributed by atoms with E-state index in [1.807, 2.05) is 6.07 Å². The monoisotopic (exact) mass is 329 g/mol. The number of hydrogen-bond acceptors (Lipinski definition) is 0. The maximum Gasteiger partial charge on any atom is -0.0181 e. The molecule has 0 heteroatoms. The summed E-state index contributed by atoms with van der Waals surface area (Å²) in [6.45, 7) is 4.65. The van der Waals surface area contributed by atoms with Crippen LogP contribution in [-0.2, 0) is 0 Å². The number of unbranched alkanes of at least 4 members (excludes halogenated alkanes) is 13. The van der Waals surface area contributed by atoms with E-state index in [2.05, 4.69) is 38.1 Å². The summed E-state index contributed by atoms with van der Waals surface area (Å²) < 4.78 is 0. The molecule has 0 aliphatic heterocycles. The Morgan fingerprint density at radius 2 is 1.25 bits per heavy atom. The van der Waals surface area contributed by atoms with E-state index in [0.29, 0.717) is 5.92 Å². The Morgan fingerprint density at radius 3 is 1.71 bits per heavy atom. The van der Waals surface area contributed by atoms with Crippen LogP contribution in [0.4, 0.5) is 0 Å². The lowest BCUT2D eigenvalue weighted by atomic mass is 9.95. The lowest BCUT2D eigenvalue weighted by molar-refractivity contribution is 0.524. The Hall–Kier alpha value is -0.780. The van der Waals surface area contributed by atoms with E-state index in [-0.39, 0.29) is 0 Å². The minimum absolute atomic E-state index is 0.694. The van der Waals surface area contributed by atoms with Crippen molar-refractivity contribution in [3.05, 3.63) is 35.9 Å². The lowest BCUT2D eigenvalue weighted by Gasteiger charge is -2.11. The molecule has 0 aliphatic carbocycles. The van der Waals surface area contributed by atoms with E-state index in [1.165, 1.54) is 102 Å². The van der Waals surface area contributed by atoms with Gasteiger partial charge < -0.3 is 0 Å². The van der Waals surface area contributed by atoms with Gasteiger partial charge in [0.15, 0.2) is 0 Å². The largest absolute Gasteiger partial charge is 0.0654 e. The molecule has 0 heterocycles. The third-order valence-electron chi connectivity index (χ3n) is 5.29. The van der Waals surface area contributed by atoms with Crippen LogP contribution in [-0.4, -0.2) is 0 Å². The Kier molecular flexibility index (Phi) is 13.9. The van der Waals surface area contributed by atoms with Crippen LogP contribution in [0.1, 0.15) is 122 Å². The molecular weight excluding hydrogens is 288 g/mol. The van der Waals surface area contributed by atoms with Crippen LogP contribution >= 0.6 is 0 Å². The Balaban J connectivity index is 1.79. The SMILES string of the molecule is CCCCCCCCCCCCCCCCC(C)c1c[c]ccc1. The number of rotatable bonds is 16. The summed E-state index contributed by atoms with van der Waals surface area (Å²) in [6.07, 6.45) is 21.5. The van der Waals surface area contributed by atoms with Crippen molar-refractivity contribution in [1.82, 2.24) is 0 Å². The first-order chi connectivity index (χ1) is 11.8. The van der Waals surface area contributed by atoms with E-state index in [4.69, 9.17) is 0 Å². The van der Waals surface area contributed by atoms with Crippen molar-refractivity contribution in [2.24, 2.45) is 0 Å². The Morgan fingerprint density at radius 1 is 0.750 bits per heavy atom. The normalized spacial score (nSPS) is 12.4. The fraction of sp³-hybridized carbons (Fsp3) is 0.750. The van der Waals surface area contributed by atoms with Crippen molar-refractivity contribution in [2.75, 3.05) is 0 Å². The lowest BCUT2D eigenvalue weighted by Crippen LogP contribution is -1.93. The molecule has 1 radical (unpaired) electrons. The summed E-state index contributed by atoms with van der Waals surface area (Å²) >= 11 is 0. The van der Waals surface area contributed by atoms with Gasteiger partial charge in [0.05, 0.1) is 0 Å². The highest BCUT2D eigenvalue weighted by molar-refractivity contribution is 5.17. The summed E-state index contributed by atoms with van der Waals surface area (Å²) in [6, 6.07) is 11.7. The van der Waals surface area contributed by atoms with Crippen LogP contribution in [0.25, 0.3) is 0 Å². The fourth-order valence-electron chi connectivity index (χ4n) is 3.53. The number of benzene rings is 1. The molecule has 0 spiro atoms. The highest BCUT2D eigenvalue weighted by Gasteiger charge is 2.04. The van der Waals surface area contributed by atoms with Gasteiger partial charge in [-0.05, 0) is 24.0 Å².